The lowest BCUT2D eigenvalue weighted by molar-refractivity contribution is 0.375. The largest absolute Gasteiger partial charge is 0.316 e. The third-order valence-corrected chi connectivity index (χ3v) is 4.66. The molecule has 3 rings (SSSR count). The minimum Gasteiger partial charge on any atom is -0.316 e. The Hall–Kier alpha value is -1.26. The van der Waals surface area contributed by atoms with Crippen LogP contribution in [0, 0.1) is 11.7 Å². The summed E-state index contributed by atoms with van der Waals surface area (Å²) < 4.78 is 13.2. The van der Waals surface area contributed by atoms with Gasteiger partial charge in [-0.2, -0.15) is 0 Å². The summed E-state index contributed by atoms with van der Waals surface area (Å²) in [6.45, 7) is 2.26. The van der Waals surface area contributed by atoms with Crippen LogP contribution in [0.25, 0.3) is 0 Å². The highest BCUT2D eigenvalue weighted by molar-refractivity contribution is 7.09. The molecule has 1 aromatic carbocycles. The maximum Gasteiger partial charge on any atom is 0.123 e. The number of aromatic nitrogens is 1. The van der Waals surface area contributed by atoms with Gasteiger partial charge in [0, 0.05) is 18.2 Å². The van der Waals surface area contributed by atoms with E-state index in [9.17, 15) is 4.39 Å². The molecule has 0 aliphatic carbocycles. The van der Waals surface area contributed by atoms with Gasteiger partial charge in [0.2, 0.25) is 0 Å². The fourth-order valence-corrected chi connectivity index (χ4v) is 3.64. The van der Waals surface area contributed by atoms with Crippen LogP contribution < -0.4 is 5.32 Å². The lowest BCUT2D eigenvalue weighted by Crippen LogP contribution is -2.30. The molecule has 4 heteroatoms. The Labute approximate surface area is 123 Å². The van der Waals surface area contributed by atoms with Crippen LogP contribution in [0.5, 0.6) is 0 Å². The summed E-state index contributed by atoms with van der Waals surface area (Å²) in [5, 5.41) is 6.76. The van der Waals surface area contributed by atoms with Crippen molar-refractivity contribution in [2.45, 2.75) is 25.7 Å². The van der Waals surface area contributed by atoms with E-state index >= 15 is 0 Å². The molecule has 1 saturated heterocycles. The van der Waals surface area contributed by atoms with Crippen molar-refractivity contribution in [1.82, 2.24) is 10.3 Å². The maximum absolute atomic E-state index is 13.2. The Morgan fingerprint density at radius 1 is 1.40 bits per heavy atom. The fraction of sp³-hybridized carbons (Fsp3) is 0.438. The van der Waals surface area contributed by atoms with Crippen LogP contribution >= 0.6 is 11.3 Å². The van der Waals surface area contributed by atoms with Gasteiger partial charge in [-0.05, 0) is 49.5 Å². The first-order valence-corrected chi connectivity index (χ1v) is 8.06. The molecule has 0 saturated carbocycles. The van der Waals surface area contributed by atoms with Gasteiger partial charge in [-0.3, -0.25) is 0 Å². The molecule has 1 aliphatic rings. The molecule has 1 atom stereocenters. The Morgan fingerprint density at radius 3 is 3.15 bits per heavy atom. The second-order valence-corrected chi connectivity index (χ2v) is 6.40. The molecule has 2 aromatic rings. The maximum atomic E-state index is 13.2. The van der Waals surface area contributed by atoms with Gasteiger partial charge in [-0.1, -0.05) is 12.1 Å². The second-order valence-electron chi connectivity index (χ2n) is 5.46. The Kier molecular flexibility index (Phi) is 4.43. The first kappa shape index (κ1) is 13.7. The molecule has 2 nitrogen and oxygen atoms in total. The van der Waals surface area contributed by atoms with Crippen LogP contribution in [-0.4, -0.2) is 18.1 Å². The van der Waals surface area contributed by atoms with Crippen LogP contribution in [0.15, 0.2) is 29.6 Å². The minimum atomic E-state index is -0.175. The second kappa shape index (κ2) is 6.46. The van der Waals surface area contributed by atoms with E-state index in [4.69, 9.17) is 4.98 Å². The number of benzene rings is 1. The Balaban J connectivity index is 1.61. The van der Waals surface area contributed by atoms with Gasteiger partial charge in [0.05, 0.1) is 10.7 Å². The number of piperidine rings is 1. The normalized spacial score (nSPS) is 19.1. The molecule has 0 bridgehead atoms. The van der Waals surface area contributed by atoms with E-state index in [1.807, 2.05) is 6.07 Å². The average molecular weight is 290 g/mol. The van der Waals surface area contributed by atoms with Crippen molar-refractivity contribution in [1.29, 1.82) is 0 Å². The van der Waals surface area contributed by atoms with Gasteiger partial charge in [0.1, 0.15) is 5.82 Å². The van der Waals surface area contributed by atoms with Crippen molar-refractivity contribution in [2.24, 2.45) is 5.92 Å². The van der Waals surface area contributed by atoms with E-state index in [-0.39, 0.29) is 5.82 Å². The molecule has 1 fully saturated rings. The first-order valence-electron chi connectivity index (χ1n) is 7.18. The third kappa shape index (κ3) is 3.64. The predicted octanol–water partition coefficient (Wildman–Crippen LogP) is 3.42. The molecule has 1 aromatic heterocycles. The summed E-state index contributed by atoms with van der Waals surface area (Å²) >= 11 is 1.73. The van der Waals surface area contributed by atoms with Crippen molar-refractivity contribution in [3.05, 3.63) is 51.7 Å². The lowest BCUT2D eigenvalue weighted by atomic mass is 9.97. The van der Waals surface area contributed by atoms with E-state index in [1.54, 1.807) is 23.5 Å². The van der Waals surface area contributed by atoms with Crippen LogP contribution in [0.1, 0.15) is 29.1 Å². The number of halogens is 1. The van der Waals surface area contributed by atoms with Crippen LogP contribution in [0.4, 0.5) is 4.39 Å². The molecule has 1 unspecified atom stereocenters. The summed E-state index contributed by atoms with van der Waals surface area (Å²) in [4.78, 5) is 4.70. The van der Waals surface area contributed by atoms with Gasteiger partial charge >= 0.3 is 0 Å². The zero-order valence-corrected chi connectivity index (χ0v) is 12.3. The minimum absolute atomic E-state index is 0.175. The standard InChI is InChI=1S/C16H19FN2S/c17-14-5-1-3-12(7-14)8-15-11-20-16(19-15)9-13-4-2-6-18-10-13/h1,3,5,7,11,13,18H,2,4,6,8-10H2. The first-order chi connectivity index (χ1) is 9.79. The van der Waals surface area contributed by atoms with Crippen molar-refractivity contribution in [3.63, 3.8) is 0 Å². The smallest absolute Gasteiger partial charge is 0.123 e. The van der Waals surface area contributed by atoms with Crippen molar-refractivity contribution >= 4 is 11.3 Å². The quantitative estimate of drug-likeness (QED) is 0.933. The average Bonchev–Trinajstić information content (AvgIpc) is 2.87. The van der Waals surface area contributed by atoms with Crippen molar-refractivity contribution in [2.75, 3.05) is 13.1 Å². The third-order valence-electron chi connectivity index (χ3n) is 3.74. The summed E-state index contributed by atoms with van der Waals surface area (Å²) in [5.74, 6) is 0.545. The Morgan fingerprint density at radius 2 is 2.35 bits per heavy atom. The molecule has 20 heavy (non-hydrogen) atoms. The summed E-state index contributed by atoms with van der Waals surface area (Å²) in [7, 11) is 0. The van der Waals surface area contributed by atoms with Crippen LogP contribution in [-0.2, 0) is 12.8 Å². The number of hydrogen-bond acceptors (Lipinski definition) is 3. The van der Waals surface area contributed by atoms with Crippen LogP contribution in [0.2, 0.25) is 0 Å². The van der Waals surface area contributed by atoms with Gasteiger partial charge in [0.25, 0.3) is 0 Å². The highest BCUT2D eigenvalue weighted by Gasteiger charge is 2.15. The molecule has 0 radical (unpaired) electrons. The van der Waals surface area contributed by atoms with Gasteiger partial charge in [-0.25, -0.2) is 9.37 Å². The molecule has 0 spiro atoms. The summed E-state index contributed by atoms with van der Waals surface area (Å²) in [6, 6.07) is 6.77. The number of thiazole rings is 1. The Bertz CT molecular complexity index is 561. The molecule has 106 valence electrons. The van der Waals surface area contributed by atoms with Gasteiger partial charge in [-0.15, -0.1) is 11.3 Å². The van der Waals surface area contributed by atoms with Crippen molar-refractivity contribution < 1.29 is 4.39 Å². The molecule has 2 heterocycles. The summed E-state index contributed by atoms with van der Waals surface area (Å²) in [5.41, 5.74) is 2.04. The fourth-order valence-electron chi connectivity index (χ4n) is 2.73. The van der Waals surface area contributed by atoms with Crippen LogP contribution in [0.3, 0.4) is 0 Å². The van der Waals surface area contributed by atoms with E-state index < -0.39 is 0 Å². The van der Waals surface area contributed by atoms with Gasteiger partial charge in [0.15, 0.2) is 0 Å². The number of rotatable bonds is 4. The number of nitrogens with zero attached hydrogens (tertiary/aromatic N) is 1. The highest BCUT2D eigenvalue weighted by Crippen LogP contribution is 2.20. The SMILES string of the molecule is Fc1cccc(Cc2csc(CC3CCCNC3)n2)c1. The predicted molar refractivity (Wildman–Crippen MR) is 80.6 cm³/mol. The van der Waals surface area contributed by atoms with E-state index in [0.29, 0.717) is 0 Å². The van der Waals surface area contributed by atoms with E-state index in [0.717, 1.165) is 43.1 Å². The molecular weight excluding hydrogens is 271 g/mol. The number of nitrogens with one attached hydrogen (secondary N) is 1. The molecule has 1 aliphatic heterocycles. The van der Waals surface area contributed by atoms with E-state index in [2.05, 4.69) is 10.7 Å². The molecular formula is C16H19FN2S. The lowest BCUT2D eigenvalue weighted by Gasteiger charge is -2.21. The monoisotopic (exact) mass is 290 g/mol. The number of hydrogen-bond donors (Lipinski definition) is 1. The van der Waals surface area contributed by atoms with Crippen molar-refractivity contribution in [3.8, 4) is 0 Å². The molecule has 0 amide bonds. The topological polar surface area (TPSA) is 24.9 Å². The highest BCUT2D eigenvalue weighted by atomic mass is 32.1. The summed E-state index contributed by atoms with van der Waals surface area (Å²) in [6.07, 6.45) is 4.36. The van der Waals surface area contributed by atoms with E-state index in [1.165, 1.54) is 23.9 Å². The zero-order valence-electron chi connectivity index (χ0n) is 11.4. The molecule has 1 N–H and O–H groups in total. The zero-order chi connectivity index (χ0) is 13.8. The van der Waals surface area contributed by atoms with Gasteiger partial charge < -0.3 is 5.32 Å².